The first kappa shape index (κ1) is 20.7. The van der Waals surface area contributed by atoms with E-state index in [0.29, 0.717) is 0 Å². The standard InChI is InChI=1S/C18H16F3N3O4/c1-10(15(25)23-14-7-3-5-12(9-14)18(19,20)21)28-16(26)11-4-2-6-13(8-11)24-17(22)27/h2-10H,1H3,(H,23,25)(H3,22,24,27)/t10-/m0/s1. The number of anilines is 2. The molecule has 28 heavy (non-hydrogen) atoms. The van der Waals surface area contributed by atoms with E-state index >= 15 is 0 Å². The fourth-order valence-corrected chi connectivity index (χ4v) is 2.17. The van der Waals surface area contributed by atoms with Crippen LogP contribution in [0.25, 0.3) is 0 Å². The Morgan fingerprint density at radius 3 is 2.21 bits per heavy atom. The lowest BCUT2D eigenvalue weighted by Crippen LogP contribution is -2.30. The van der Waals surface area contributed by atoms with Crippen LogP contribution in [0.1, 0.15) is 22.8 Å². The van der Waals surface area contributed by atoms with Gasteiger partial charge in [-0.15, -0.1) is 0 Å². The maximum atomic E-state index is 12.7. The molecule has 0 aliphatic heterocycles. The maximum Gasteiger partial charge on any atom is 0.416 e. The molecule has 2 aromatic carbocycles. The quantitative estimate of drug-likeness (QED) is 0.674. The average Bonchev–Trinajstić information content (AvgIpc) is 2.60. The number of benzene rings is 2. The smallest absolute Gasteiger partial charge is 0.416 e. The minimum Gasteiger partial charge on any atom is -0.449 e. The van der Waals surface area contributed by atoms with Crippen molar-refractivity contribution in [2.45, 2.75) is 19.2 Å². The molecule has 0 spiro atoms. The van der Waals surface area contributed by atoms with Gasteiger partial charge in [-0.3, -0.25) is 4.79 Å². The van der Waals surface area contributed by atoms with E-state index in [-0.39, 0.29) is 16.9 Å². The van der Waals surface area contributed by atoms with Crippen LogP contribution in [0.5, 0.6) is 0 Å². The molecule has 0 aliphatic rings. The number of carbonyl (C=O) groups excluding carboxylic acids is 3. The van der Waals surface area contributed by atoms with Crippen molar-refractivity contribution >= 4 is 29.3 Å². The van der Waals surface area contributed by atoms with Gasteiger partial charge in [-0.25, -0.2) is 9.59 Å². The van der Waals surface area contributed by atoms with Crippen molar-refractivity contribution in [1.29, 1.82) is 0 Å². The molecule has 0 fully saturated rings. The first-order chi connectivity index (χ1) is 13.1. The Labute approximate surface area is 157 Å². The Hall–Kier alpha value is -3.56. The molecule has 0 saturated carbocycles. The summed E-state index contributed by atoms with van der Waals surface area (Å²) in [6, 6.07) is 8.89. The summed E-state index contributed by atoms with van der Waals surface area (Å²) >= 11 is 0. The Balaban J connectivity index is 2.02. The molecule has 0 saturated heterocycles. The molecule has 7 nitrogen and oxygen atoms in total. The third kappa shape index (κ3) is 5.73. The van der Waals surface area contributed by atoms with Crippen LogP contribution in [0, 0.1) is 0 Å². The van der Waals surface area contributed by atoms with Crippen LogP contribution in [0.4, 0.5) is 29.3 Å². The highest BCUT2D eigenvalue weighted by Crippen LogP contribution is 2.30. The summed E-state index contributed by atoms with van der Waals surface area (Å²) in [6.45, 7) is 1.27. The largest absolute Gasteiger partial charge is 0.449 e. The normalized spacial score (nSPS) is 12.0. The number of nitrogens with two attached hydrogens (primary N) is 1. The number of rotatable bonds is 5. The zero-order chi connectivity index (χ0) is 20.9. The van der Waals surface area contributed by atoms with E-state index in [9.17, 15) is 27.6 Å². The lowest BCUT2D eigenvalue weighted by atomic mass is 10.2. The van der Waals surface area contributed by atoms with Crippen LogP contribution in [0.2, 0.25) is 0 Å². The fourth-order valence-electron chi connectivity index (χ4n) is 2.17. The molecule has 2 rings (SSSR count). The van der Waals surface area contributed by atoms with Crippen LogP contribution in [-0.2, 0) is 15.7 Å². The van der Waals surface area contributed by atoms with Crippen LogP contribution in [0.15, 0.2) is 48.5 Å². The number of primary amides is 1. The third-order valence-electron chi connectivity index (χ3n) is 3.48. The summed E-state index contributed by atoms with van der Waals surface area (Å²) in [5.74, 6) is -1.67. The number of hydrogen-bond acceptors (Lipinski definition) is 4. The third-order valence-corrected chi connectivity index (χ3v) is 3.48. The van der Waals surface area contributed by atoms with E-state index < -0.39 is 35.8 Å². The number of carbonyl (C=O) groups is 3. The minimum absolute atomic E-state index is 0.0463. The van der Waals surface area contributed by atoms with Crippen molar-refractivity contribution in [2.24, 2.45) is 5.73 Å². The number of urea groups is 1. The number of esters is 1. The minimum atomic E-state index is -4.55. The van der Waals surface area contributed by atoms with Gasteiger partial charge in [-0.1, -0.05) is 12.1 Å². The fraction of sp³-hybridized carbons (Fsp3) is 0.167. The lowest BCUT2D eigenvalue weighted by molar-refractivity contribution is -0.137. The van der Waals surface area contributed by atoms with Gasteiger partial charge in [0.05, 0.1) is 11.1 Å². The Kier molecular flexibility index (Phi) is 6.24. The highest BCUT2D eigenvalue weighted by atomic mass is 19.4. The summed E-state index contributed by atoms with van der Waals surface area (Å²) in [4.78, 5) is 35.1. The van der Waals surface area contributed by atoms with Crippen LogP contribution in [-0.4, -0.2) is 24.0 Å². The number of ether oxygens (including phenoxy) is 1. The molecule has 0 radical (unpaired) electrons. The average molecular weight is 395 g/mol. The van der Waals surface area contributed by atoms with Gasteiger partial charge in [-0.2, -0.15) is 13.2 Å². The van der Waals surface area contributed by atoms with Crippen LogP contribution >= 0.6 is 0 Å². The monoisotopic (exact) mass is 395 g/mol. The van der Waals surface area contributed by atoms with E-state index in [1.165, 1.54) is 37.3 Å². The van der Waals surface area contributed by atoms with Crippen molar-refractivity contribution in [3.8, 4) is 0 Å². The number of nitrogens with one attached hydrogen (secondary N) is 2. The molecule has 0 bridgehead atoms. The second-order valence-electron chi connectivity index (χ2n) is 5.69. The number of alkyl halides is 3. The molecule has 0 aromatic heterocycles. The van der Waals surface area contributed by atoms with Gasteiger partial charge in [0, 0.05) is 11.4 Å². The van der Waals surface area contributed by atoms with Crippen molar-refractivity contribution in [2.75, 3.05) is 10.6 Å². The van der Waals surface area contributed by atoms with Gasteiger partial charge in [0.25, 0.3) is 5.91 Å². The molecule has 2 aromatic rings. The Bertz CT molecular complexity index is 900. The second kappa shape index (κ2) is 8.42. The van der Waals surface area contributed by atoms with Crippen LogP contribution < -0.4 is 16.4 Å². The molecule has 4 N–H and O–H groups in total. The first-order valence-electron chi connectivity index (χ1n) is 7.92. The van der Waals surface area contributed by atoms with Gasteiger partial charge in [0.1, 0.15) is 0 Å². The molecule has 10 heteroatoms. The van der Waals surface area contributed by atoms with Crippen molar-refractivity contribution < 1.29 is 32.3 Å². The second-order valence-corrected chi connectivity index (χ2v) is 5.69. The summed E-state index contributed by atoms with van der Waals surface area (Å²) in [6.07, 6.45) is -5.84. The van der Waals surface area contributed by atoms with Crippen molar-refractivity contribution in [1.82, 2.24) is 0 Å². The highest BCUT2D eigenvalue weighted by Gasteiger charge is 2.30. The maximum absolute atomic E-state index is 12.7. The van der Waals surface area contributed by atoms with E-state index in [2.05, 4.69) is 10.6 Å². The van der Waals surface area contributed by atoms with Crippen molar-refractivity contribution in [3.63, 3.8) is 0 Å². The van der Waals surface area contributed by atoms with E-state index in [0.717, 1.165) is 18.2 Å². The summed E-state index contributed by atoms with van der Waals surface area (Å²) in [5, 5.41) is 4.54. The van der Waals surface area contributed by atoms with Gasteiger partial charge >= 0.3 is 18.2 Å². The van der Waals surface area contributed by atoms with Gasteiger partial charge in [-0.05, 0) is 43.3 Å². The van der Waals surface area contributed by atoms with E-state index in [1.54, 1.807) is 0 Å². The summed E-state index contributed by atoms with van der Waals surface area (Å²) < 4.78 is 43.2. The molecule has 0 heterocycles. The Morgan fingerprint density at radius 1 is 1.00 bits per heavy atom. The van der Waals surface area contributed by atoms with Crippen LogP contribution in [0.3, 0.4) is 0 Å². The number of hydrogen-bond donors (Lipinski definition) is 3. The first-order valence-corrected chi connectivity index (χ1v) is 7.92. The molecule has 0 aliphatic carbocycles. The van der Waals surface area contributed by atoms with Gasteiger partial charge < -0.3 is 21.1 Å². The van der Waals surface area contributed by atoms with Gasteiger partial charge in [0.15, 0.2) is 6.10 Å². The number of amides is 3. The molecule has 148 valence electrons. The molecular weight excluding hydrogens is 379 g/mol. The molecule has 1 atom stereocenters. The zero-order valence-electron chi connectivity index (χ0n) is 14.5. The number of halogens is 3. The molecule has 0 unspecified atom stereocenters. The van der Waals surface area contributed by atoms with E-state index in [4.69, 9.17) is 10.5 Å². The zero-order valence-corrected chi connectivity index (χ0v) is 14.5. The summed E-state index contributed by atoms with van der Waals surface area (Å²) in [7, 11) is 0. The van der Waals surface area contributed by atoms with E-state index in [1.807, 2.05) is 0 Å². The SMILES string of the molecule is C[C@H](OC(=O)c1cccc(NC(N)=O)c1)C(=O)Nc1cccc(C(F)(F)F)c1. The predicted molar refractivity (Wildman–Crippen MR) is 94.6 cm³/mol. The predicted octanol–water partition coefficient (Wildman–Crippen LogP) is 3.38. The topological polar surface area (TPSA) is 111 Å². The molecular formula is C18H16F3N3O4. The molecule has 3 amide bonds. The Morgan fingerprint density at radius 2 is 1.61 bits per heavy atom. The summed E-state index contributed by atoms with van der Waals surface area (Å²) in [5.41, 5.74) is 4.28. The van der Waals surface area contributed by atoms with Gasteiger partial charge in [0.2, 0.25) is 0 Å². The van der Waals surface area contributed by atoms with Crippen molar-refractivity contribution in [3.05, 3.63) is 59.7 Å². The highest BCUT2D eigenvalue weighted by molar-refractivity contribution is 5.98. The lowest BCUT2D eigenvalue weighted by Gasteiger charge is -2.15.